The number of imidazole rings is 1. The summed E-state index contributed by atoms with van der Waals surface area (Å²) in [4.78, 5) is 4.79. The summed E-state index contributed by atoms with van der Waals surface area (Å²) in [7, 11) is 0. The van der Waals surface area contributed by atoms with Gasteiger partial charge in [0.2, 0.25) is 6.71 Å². The van der Waals surface area contributed by atoms with Crippen LogP contribution in [0.1, 0.15) is 33.4 Å². The number of hydrogen-bond acceptors (Lipinski definition) is 3. The molecular weight excluding hydrogens is 865 g/mol. The van der Waals surface area contributed by atoms with Crippen molar-refractivity contribution in [3.8, 4) is 34.3 Å². The third-order valence-corrected chi connectivity index (χ3v) is 11.3. The molecule has 1 aliphatic heterocycles. The Bertz CT molecular complexity index is 2680. The number of para-hydroxylation sites is 1. The van der Waals surface area contributed by atoms with Crippen LogP contribution in [0.25, 0.3) is 22.8 Å². The van der Waals surface area contributed by atoms with Crippen LogP contribution in [0.15, 0.2) is 134 Å². The Balaban J connectivity index is 0.00000441. The molecule has 0 aliphatic carbocycles. The molecule has 1 aliphatic rings. The SMILES string of the molecule is Cc1cccc(C)c1B1c2ccccc2B(c2c(C)cccc2C)c2c(-n3cccn3)[c-]c(Oc3[c-]c(-c4nccn4-c4c(C)cccc4C)ccc3)cc21.[Pt+2]. The smallest absolute Gasteiger partial charge is 0.503 e. The number of fused-ring (bicyclic) bond motifs is 2. The normalized spacial score (nSPS) is 11.9. The van der Waals surface area contributed by atoms with Crippen LogP contribution in [0, 0.1) is 53.7 Å². The van der Waals surface area contributed by atoms with E-state index in [4.69, 9.17) is 14.8 Å². The molecule has 56 heavy (non-hydrogen) atoms. The predicted octanol–water partition coefficient (Wildman–Crippen LogP) is 6.31. The van der Waals surface area contributed by atoms with Gasteiger partial charge in [-0.25, -0.2) is 0 Å². The second-order valence-corrected chi connectivity index (χ2v) is 14.8. The maximum absolute atomic E-state index is 6.85. The molecule has 0 amide bonds. The molecule has 0 N–H and O–H groups in total. The Morgan fingerprint density at radius 3 is 1.75 bits per heavy atom. The minimum absolute atomic E-state index is 0. The molecule has 0 saturated heterocycles. The minimum Gasteiger partial charge on any atom is -0.503 e. The Morgan fingerprint density at radius 1 is 0.536 bits per heavy atom. The van der Waals surface area contributed by atoms with E-state index in [1.165, 1.54) is 66.2 Å². The van der Waals surface area contributed by atoms with E-state index in [-0.39, 0.29) is 34.5 Å². The largest absolute Gasteiger partial charge is 2.00 e. The first-order valence-electron chi connectivity index (χ1n) is 18.9. The molecule has 0 unspecified atom stereocenters. The van der Waals surface area contributed by atoms with Gasteiger partial charge in [-0.1, -0.05) is 129 Å². The van der Waals surface area contributed by atoms with E-state index in [1.807, 2.05) is 53.7 Å². The number of benzene rings is 6. The van der Waals surface area contributed by atoms with Crippen LogP contribution < -0.4 is 37.5 Å². The Kier molecular flexibility index (Phi) is 10.1. The van der Waals surface area contributed by atoms with Gasteiger partial charge in [-0.15, -0.1) is 41.4 Å². The van der Waals surface area contributed by atoms with Gasteiger partial charge in [0, 0.05) is 42.0 Å². The maximum Gasteiger partial charge on any atom is 2.00 e. The van der Waals surface area contributed by atoms with E-state index in [2.05, 4.69) is 143 Å². The summed E-state index contributed by atoms with van der Waals surface area (Å²) in [5.41, 5.74) is 17.8. The molecule has 0 saturated carbocycles. The zero-order chi connectivity index (χ0) is 37.8. The number of hydrogen-bond donors (Lipinski definition) is 0. The summed E-state index contributed by atoms with van der Waals surface area (Å²) in [6.07, 6.45) is 7.69. The summed E-state index contributed by atoms with van der Waals surface area (Å²) >= 11 is 0. The average Bonchev–Trinajstić information content (AvgIpc) is 3.89. The average molecular weight is 906 g/mol. The van der Waals surface area contributed by atoms with Gasteiger partial charge in [-0.2, -0.15) is 10.6 Å². The molecule has 9 rings (SSSR count). The number of aromatic nitrogens is 4. The van der Waals surface area contributed by atoms with Crippen molar-refractivity contribution in [1.29, 1.82) is 0 Å². The Hall–Kier alpha value is -5.64. The standard InChI is InChI=1S/C48H40B2N4O.Pt/c1-31-14-9-15-32(2)44(31)49-40-22-7-8-23-41(40)50(45-33(3)16-10-17-34(45)4)46-42(49)29-39(30-43(46)54-26-13-24-52-54)55-38-21-12-20-37(28-38)48-51-25-27-53(48)47-35(5)18-11-19-36(47)6;/h7-27,29H,1-6H3;/q-2;+2. The molecule has 6 aromatic carbocycles. The fraction of sp³-hybridized carbons (Fsp3) is 0.125. The molecule has 0 bridgehead atoms. The Labute approximate surface area is 344 Å². The second kappa shape index (κ2) is 15.1. The van der Waals surface area contributed by atoms with Crippen molar-refractivity contribution >= 4 is 46.2 Å². The summed E-state index contributed by atoms with van der Waals surface area (Å²) in [6.45, 7) is 13.1. The first kappa shape index (κ1) is 37.3. The molecule has 8 heteroatoms. The zero-order valence-corrected chi connectivity index (χ0v) is 34.6. The van der Waals surface area contributed by atoms with Gasteiger partial charge in [0.05, 0.1) is 5.82 Å². The molecule has 5 nitrogen and oxygen atoms in total. The van der Waals surface area contributed by atoms with Crippen LogP contribution >= 0.6 is 0 Å². The summed E-state index contributed by atoms with van der Waals surface area (Å²) in [5.74, 6) is 1.99. The Morgan fingerprint density at radius 2 is 1.12 bits per heavy atom. The van der Waals surface area contributed by atoms with Crippen LogP contribution in [0.5, 0.6) is 11.5 Å². The second-order valence-electron chi connectivity index (χ2n) is 14.8. The van der Waals surface area contributed by atoms with Crippen LogP contribution in [0.2, 0.25) is 0 Å². The van der Waals surface area contributed by atoms with Gasteiger partial charge in [0.15, 0.2) is 6.71 Å². The number of aryl methyl sites for hydroxylation is 6. The number of ether oxygens (including phenoxy) is 1. The van der Waals surface area contributed by atoms with Crippen molar-refractivity contribution in [2.45, 2.75) is 41.5 Å². The van der Waals surface area contributed by atoms with E-state index >= 15 is 0 Å². The van der Waals surface area contributed by atoms with E-state index in [0.717, 1.165) is 22.8 Å². The quantitative estimate of drug-likeness (QED) is 0.139. The minimum atomic E-state index is -0.0453. The summed E-state index contributed by atoms with van der Waals surface area (Å²) in [6, 6.07) is 46.0. The van der Waals surface area contributed by atoms with E-state index in [9.17, 15) is 0 Å². The third-order valence-electron chi connectivity index (χ3n) is 11.3. The van der Waals surface area contributed by atoms with Gasteiger partial charge in [-0.05, 0) is 64.4 Å². The zero-order valence-electron chi connectivity index (χ0n) is 32.4. The molecular formula is C48H40B2N4OPt. The summed E-state index contributed by atoms with van der Waals surface area (Å²) in [5, 5.41) is 4.82. The molecule has 274 valence electrons. The van der Waals surface area contributed by atoms with Gasteiger partial charge < -0.3 is 9.30 Å². The van der Waals surface area contributed by atoms with Gasteiger partial charge >= 0.3 is 21.1 Å². The molecule has 0 fully saturated rings. The van der Waals surface area contributed by atoms with Crippen LogP contribution in [-0.4, -0.2) is 32.8 Å². The molecule has 2 aromatic heterocycles. The van der Waals surface area contributed by atoms with E-state index in [1.54, 1.807) is 0 Å². The van der Waals surface area contributed by atoms with Crippen molar-refractivity contribution in [3.63, 3.8) is 0 Å². The molecule has 8 aromatic rings. The van der Waals surface area contributed by atoms with Crippen molar-refractivity contribution in [2.24, 2.45) is 0 Å². The predicted molar refractivity (Wildman–Crippen MR) is 227 cm³/mol. The molecule has 0 spiro atoms. The molecule has 3 heterocycles. The van der Waals surface area contributed by atoms with E-state index in [0.29, 0.717) is 11.5 Å². The van der Waals surface area contributed by atoms with Crippen molar-refractivity contribution < 1.29 is 25.8 Å². The topological polar surface area (TPSA) is 44.9 Å². The van der Waals surface area contributed by atoms with E-state index < -0.39 is 0 Å². The summed E-state index contributed by atoms with van der Waals surface area (Å²) < 4.78 is 10.9. The van der Waals surface area contributed by atoms with Crippen molar-refractivity contribution in [2.75, 3.05) is 0 Å². The monoisotopic (exact) mass is 905 g/mol. The number of rotatable bonds is 7. The van der Waals surface area contributed by atoms with Gasteiger partial charge in [0.25, 0.3) is 0 Å². The maximum atomic E-state index is 6.85. The number of nitrogens with zero attached hydrogens (tertiary/aromatic N) is 4. The fourth-order valence-corrected chi connectivity index (χ4v) is 8.92. The van der Waals surface area contributed by atoms with Crippen LogP contribution in [-0.2, 0) is 21.1 Å². The fourth-order valence-electron chi connectivity index (χ4n) is 8.92. The first-order valence-corrected chi connectivity index (χ1v) is 18.9. The molecule has 0 radical (unpaired) electrons. The van der Waals surface area contributed by atoms with Crippen LogP contribution in [0.4, 0.5) is 0 Å². The van der Waals surface area contributed by atoms with Crippen molar-refractivity contribution in [1.82, 2.24) is 19.3 Å². The first-order chi connectivity index (χ1) is 26.8. The van der Waals surface area contributed by atoms with Crippen LogP contribution in [0.3, 0.4) is 0 Å². The van der Waals surface area contributed by atoms with Gasteiger partial charge in [0.1, 0.15) is 0 Å². The van der Waals surface area contributed by atoms with Gasteiger partial charge in [-0.3, -0.25) is 9.67 Å². The third kappa shape index (κ3) is 6.38. The van der Waals surface area contributed by atoms with Crippen molar-refractivity contribution in [3.05, 3.63) is 179 Å². The molecule has 0 atom stereocenters.